The van der Waals surface area contributed by atoms with Gasteiger partial charge in [0.15, 0.2) is 5.82 Å². The molecule has 0 aliphatic heterocycles. The van der Waals surface area contributed by atoms with Gasteiger partial charge in [0, 0.05) is 12.3 Å². The Morgan fingerprint density at radius 3 is 2.67 bits per heavy atom. The molecule has 0 bridgehead atoms. The van der Waals surface area contributed by atoms with Crippen molar-refractivity contribution in [1.82, 2.24) is 10.1 Å². The fourth-order valence-electron chi connectivity index (χ4n) is 2.01. The summed E-state index contributed by atoms with van der Waals surface area (Å²) in [5, 5.41) is 13.3. The Balaban J connectivity index is 2.11. The van der Waals surface area contributed by atoms with Crippen molar-refractivity contribution in [2.24, 2.45) is 11.3 Å². The number of nitrogens with zero attached hydrogens (tertiary/aromatic N) is 2. The van der Waals surface area contributed by atoms with Crippen molar-refractivity contribution in [1.29, 1.82) is 0 Å². The Labute approximate surface area is 107 Å². The van der Waals surface area contributed by atoms with Crippen molar-refractivity contribution in [3.63, 3.8) is 0 Å². The molecule has 1 unspecified atom stereocenters. The smallest absolute Gasteiger partial charge is 0.310 e. The molecule has 0 radical (unpaired) electrons. The molecule has 1 fully saturated rings. The van der Waals surface area contributed by atoms with Crippen molar-refractivity contribution >= 4 is 5.97 Å². The minimum atomic E-state index is -0.858. The maximum absolute atomic E-state index is 11.4. The van der Waals surface area contributed by atoms with Crippen molar-refractivity contribution in [2.75, 3.05) is 0 Å². The Kier molecular flexibility index (Phi) is 3.41. The van der Waals surface area contributed by atoms with Gasteiger partial charge in [-0.15, -0.1) is 0 Å². The van der Waals surface area contributed by atoms with Crippen molar-refractivity contribution in [3.05, 3.63) is 11.7 Å². The third-order valence-electron chi connectivity index (χ3n) is 4.24. The topological polar surface area (TPSA) is 76.2 Å². The second-order valence-electron chi connectivity index (χ2n) is 5.73. The molecule has 1 atom stereocenters. The van der Waals surface area contributed by atoms with Crippen LogP contribution in [0.4, 0.5) is 0 Å². The van der Waals surface area contributed by atoms with Crippen LogP contribution in [0.1, 0.15) is 57.7 Å². The fourth-order valence-corrected chi connectivity index (χ4v) is 2.01. The van der Waals surface area contributed by atoms with Gasteiger partial charge in [-0.2, -0.15) is 4.98 Å². The predicted octanol–water partition coefficient (Wildman–Crippen LogP) is 2.63. The maximum atomic E-state index is 11.4. The summed E-state index contributed by atoms with van der Waals surface area (Å²) in [7, 11) is 0. The van der Waals surface area contributed by atoms with Crippen LogP contribution in [0, 0.1) is 11.3 Å². The molecule has 0 aromatic carbocycles. The van der Waals surface area contributed by atoms with Gasteiger partial charge >= 0.3 is 5.97 Å². The van der Waals surface area contributed by atoms with E-state index in [1.807, 2.05) is 13.8 Å². The second-order valence-corrected chi connectivity index (χ2v) is 5.73. The van der Waals surface area contributed by atoms with Crippen LogP contribution in [0.5, 0.6) is 0 Å². The Morgan fingerprint density at radius 1 is 1.56 bits per heavy atom. The van der Waals surface area contributed by atoms with Gasteiger partial charge in [-0.25, -0.2) is 0 Å². The van der Waals surface area contributed by atoms with E-state index in [2.05, 4.69) is 10.1 Å². The van der Waals surface area contributed by atoms with Gasteiger partial charge in [-0.1, -0.05) is 25.4 Å². The lowest BCUT2D eigenvalue weighted by atomic mass is 9.76. The molecule has 1 saturated carbocycles. The minimum absolute atomic E-state index is 0.00838. The van der Waals surface area contributed by atoms with E-state index < -0.39 is 11.4 Å². The molecule has 1 N–H and O–H groups in total. The van der Waals surface area contributed by atoms with Gasteiger partial charge in [-0.3, -0.25) is 4.79 Å². The first kappa shape index (κ1) is 13.1. The van der Waals surface area contributed by atoms with E-state index in [0.717, 1.165) is 18.7 Å². The quantitative estimate of drug-likeness (QED) is 0.871. The van der Waals surface area contributed by atoms with Gasteiger partial charge in [0.05, 0.1) is 5.41 Å². The van der Waals surface area contributed by atoms with E-state index in [0.29, 0.717) is 18.2 Å². The SMILES string of the molecule is CC(C)C(C)(Cc1nc(C2CCC2)no1)C(=O)O. The van der Waals surface area contributed by atoms with Crippen LogP contribution >= 0.6 is 0 Å². The Hall–Kier alpha value is -1.39. The molecule has 0 saturated heterocycles. The highest BCUT2D eigenvalue weighted by atomic mass is 16.5. The third kappa shape index (κ3) is 2.26. The Morgan fingerprint density at radius 2 is 2.22 bits per heavy atom. The van der Waals surface area contributed by atoms with Crippen LogP contribution in [-0.2, 0) is 11.2 Å². The van der Waals surface area contributed by atoms with Crippen molar-refractivity contribution in [3.8, 4) is 0 Å². The first-order chi connectivity index (χ1) is 8.43. The number of aliphatic carboxylic acids is 1. The molecular formula is C13H20N2O3. The van der Waals surface area contributed by atoms with Gasteiger partial charge in [-0.05, 0) is 25.7 Å². The number of hydrogen-bond acceptors (Lipinski definition) is 4. The molecule has 5 heteroatoms. The molecule has 0 spiro atoms. The lowest BCUT2D eigenvalue weighted by Crippen LogP contribution is -2.35. The maximum Gasteiger partial charge on any atom is 0.310 e. The zero-order valence-corrected chi connectivity index (χ0v) is 11.1. The first-order valence-electron chi connectivity index (χ1n) is 6.49. The lowest BCUT2D eigenvalue weighted by molar-refractivity contribution is -0.150. The number of rotatable bonds is 5. The fraction of sp³-hybridized carbons (Fsp3) is 0.769. The average molecular weight is 252 g/mol. The number of aromatic nitrogens is 2. The predicted molar refractivity (Wildman–Crippen MR) is 65.2 cm³/mol. The summed E-state index contributed by atoms with van der Waals surface area (Å²) < 4.78 is 5.19. The molecule has 0 amide bonds. The molecule has 1 aromatic rings. The van der Waals surface area contributed by atoms with E-state index in [1.165, 1.54) is 6.42 Å². The van der Waals surface area contributed by atoms with E-state index in [1.54, 1.807) is 6.92 Å². The van der Waals surface area contributed by atoms with Crippen LogP contribution in [-0.4, -0.2) is 21.2 Å². The molecule has 2 rings (SSSR count). The van der Waals surface area contributed by atoms with E-state index in [9.17, 15) is 9.90 Å². The van der Waals surface area contributed by atoms with Gasteiger partial charge in [0.25, 0.3) is 0 Å². The van der Waals surface area contributed by atoms with Gasteiger partial charge in [0.1, 0.15) is 0 Å². The molecule has 1 aromatic heterocycles. The van der Waals surface area contributed by atoms with Gasteiger partial charge in [0.2, 0.25) is 5.89 Å². The first-order valence-corrected chi connectivity index (χ1v) is 6.49. The summed E-state index contributed by atoms with van der Waals surface area (Å²) in [6.45, 7) is 5.53. The molecular weight excluding hydrogens is 232 g/mol. The summed E-state index contributed by atoms with van der Waals surface area (Å²) in [4.78, 5) is 15.7. The zero-order chi connectivity index (χ0) is 13.3. The van der Waals surface area contributed by atoms with Gasteiger partial charge < -0.3 is 9.63 Å². The highest BCUT2D eigenvalue weighted by molar-refractivity contribution is 5.74. The number of carbonyl (C=O) groups is 1. The second kappa shape index (κ2) is 4.71. The highest BCUT2D eigenvalue weighted by Crippen LogP contribution is 2.36. The van der Waals surface area contributed by atoms with Crippen LogP contribution in [0.2, 0.25) is 0 Å². The molecule has 1 aliphatic rings. The van der Waals surface area contributed by atoms with Crippen LogP contribution in [0.15, 0.2) is 4.52 Å². The van der Waals surface area contributed by atoms with Crippen LogP contribution in [0.25, 0.3) is 0 Å². The normalized spacial score (nSPS) is 19.6. The molecule has 18 heavy (non-hydrogen) atoms. The Bertz CT molecular complexity index is 437. The summed E-state index contributed by atoms with van der Waals surface area (Å²) in [6, 6.07) is 0. The summed E-state index contributed by atoms with van der Waals surface area (Å²) in [5.74, 6) is 0.788. The molecule has 5 nitrogen and oxygen atoms in total. The summed E-state index contributed by atoms with van der Waals surface area (Å²) >= 11 is 0. The van der Waals surface area contributed by atoms with Crippen LogP contribution < -0.4 is 0 Å². The van der Waals surface area contributed by atoms with E-state index >= 15 is 0 Å². The third-order valence-corrected chi connectivity index (χ3v) is 4.24. The van der Waals surface area contributed by atoms with E-state index in [4.69, 9.17) is 4.52 Å². The monoisotopic (exact) mass is 252 g/mol. The lowest BCUT2D eigenvalue weighted by Gasteiger charge is -2.27. The molecule has 100 valence electrons. The summed E-state index contributed by atoms with van der Waals surface area (Å²) in [6.07, 6.45) is 3.73. The highest BCUT2D eigenvalue weighted by Gasteiger charge is 2.39. The van der Waals surface area contributed by atoms with Crippen molar-refractivity contribution < 1.29 is 14.4 Å². The molecule has 1 aliphatic carbocycles. The summed E-state index contributed by atoms with van der Waals surface area (Å²) in [5.41, 5.74) is -0.858. The number of carboxylic acids is 1. The minimum Gasteiger partial charge on any atom is -0.481 e. The van der Waals surface area contributed by atoms with Crippen LogP contribution in [0.3, 0.4) is 0 Å². The standard InChI is InChI=1S/C13H20N2O3/c1-8(2)13(3,12(16)17)7-10-14-11(15-18-10)9-5-4-6-9/h8-9H,4-7H2,1-3H3,(H,16,17). The van der Waals surface area contributed by atoms with E-state index in [-0.39, 0.29) is 5.92 Å². The largest absolute Gasteiger partial charge is 0.481 e. The average Bonchev–Trinajstić information content (AvgIpc) is 2.62. The van der Waals surface area contributed by atoms with Crippen molar-refractivity contribution in [2.45, 2.75) is 52.4 Å². The number of hydrogen-bond donors (Lipinski definition) is 1. The molecule has 1 heterocycles. The zero-order valence-electron chi connectivity index (χ0n) is 11.1. The number of carboxylic acid groups (broad SMARTS) is 1.